The molecule has 11 heteroatoms. The molecular formula is C36H64O11. The number of aliphatic hydroxyl groups excluding tert-OH is 4. The van der Waals surface area contributed by atoms with E-state index in [4.69, 9.17) is 18.9 Å². The predicted octanol–water partition coefficient (Wildman–Crippen LogP) is 3.18. The Labute approximate surface area is 281 Å². The highest BCUT2D eigenvalue weighted by Gasteiger charge is 2.50. The van der Waals surface area contributed by atoms with Crippen molar-refractivity contribution < 1.29 is 54.7 Å². The third-order valence-electron chi connectivity index (χ3n) is 10.5. The van der Waals surface area contributed by atoms with Gasteiger partial charge in [0.2, 0.25) is 0 Å². The quantitative estimate of drug-likeness (QED) is 0.107. The number of hydrogen-bond donors (Lipinski definition) is 7. The van der Waals surface area contributed by atoms with Crippen molar-refractivity contribution in [2.75, 3.05) is 6.61 Å². The number of aliphatic hydroxyl groups is 7. The van der Waals surface area contributed by atoms with Gasteiger partial charge in [-0.3, -0.25) is 0 Å². The second-order valence-corrected chi connectivity index (χ2v) is 15.8. The lowest BCUT2D eigenvalue weighted by atomic mass is 9.82. The van der Waals surface area contributed by atoms with Gasteiger partial charge in [-0.05, 0) is 120 Å². The van der Waals surface area contributed by atoms with Crippen molar-refractivity contribution in [2.24, 2.45) is 0 Å². The molecule has 0 aromatic carbocycles. The molecule has 3 rings (SSSR count). The summed E-state index contributed by atoms with van der Waals surface area (Å²) in [6, 6.07) is 0. The fourth-order valence-corrected chi connectivity index (χ4v) is 6.90. The Morgan fingerprint density at radius 1 is 0.766 bits per heavy atom. The molecule has 47 heavy (non-hydrogen) atoms. The standard InChI is InChI=1S/C36H64O11/c1-22(13-15-27-35(7,42)19-17-25(45-27)33(3,4)41)11-9-10-12-23(2)14-16-28-36(8,43)20-18-26(46-28)34(5,6)47-32-31(40)30(39)29(38)24(21-37)44-32/h11-12,24-32,37-43H,9-10,13-21H2,1-8H3/b22-11+,23-12+/t24-,25?,26?,27?,28?,29-,30+,31+,32+,35?,36?/m1/s1. The van der Waals surface area contributed by atoms with Crippen LogP contribution in [0.3, 0.4) is 0 Å². The van der Waals surface area contributed by atoms with E-state index in [0.29, 0.717) is 38.5 Å². The van der Waals surface area contributed by atoms with Crippen LogP contribution in [0, 0.1) is 0 Å². The molecule has 3 aliphatic rings. The van der Waals surface area contributed by atoms with Crippen molar-refractivity contribution in [3.63, 3.8) is 0 Å². The van der Waals surface area contributed by atoms with E-state index in [1.165, 1.54) is 11.1 Å². The number of hydrogen-bond acceptors (Lipinski definition) is 11. The average Bonchev–Trinajstić information content (AvgIpc) is 2.97. The van der Waals surface area contributed by atoms with Crippen molar-refractivity contribution in [3.05, 3.63) is 23.3 Å². The Balaban J connectivity index is 1.48. The highest BCUT2D eigenvalue weighted by molar-refractivity contribution is 5.05. The molecule has 11 nitrogen and oxygen atoms in total. The SMILES string of the molecule is C/C(=C\CC/C=C(\C)CCC1OC(C(C)(C)O[C@@H]2O[C@H](CO)[C@@H](O)[C@H](O)[C@@H]2O)CCC1(C)O)CCC1OC(C(C)(C)O)CCC1(C)O. The Morgan fingerprint density at radius 3 is 1.70 bits per heavy atom. The van der Waals surface area contributed by atoms with Gasteiger partial charge in [0.05, 0.1) is 53.4 Å². The minimum atomic E-state index is -1.53. The first kappa shape index (κ1) is 40.5. The van der Waals surface area contributed by atoms with Crippen molar-refractivity contribution in [1.29, 1.82) is 0 Å². The van der Waals surface area contributed by atoms with Crippen LogP contribution >= 0.6 is 0 Å². The molecule has 0 spiro atoms. The van der Waals surface area contributed by atoms with Crippen LogP contribution in [0.4, 0.5) is 0 Å². The number of allylic oxidation sites excluding steroid dienone is 4. The van der Waals surface area contributed by atoms with E-state index in [-0.39, 0.29) is 12.2 Å². The monoisotopic (exact) mass is 672 g/mol. The van der Waals surface area contributed by atoms with Crippen molar-refractivity contribution in [1.82, 2.24) is 0 Å². The fraction of sp³-hybridized carbons (Fsp3) is 0.889. The van der Waals surface area contributed by atoms with E-state index in [0.717, 1.165) is 25.7 Å². The minimum Gasteiger partial charge on any atom is -0.394 e. The van der Waals surface area contributed by atoms with Gasteiger partial charge in [-0.15, -0.1) is 0 Å². The molecule has 0 amide bonds. The molecule has 0 bridgehead atoms. The summed E-state index contributed by atoms with van der Waals surface area (Å²) in [7, 11) is 0. The molecule has 3 heterocycles. The lowest BCUT2D eigenvalue weighted by molar-refractivity contribution is -0.339. The summed E-state index contributed by atoms with van der Waals surface area (Å²) in [5.41, 5.74) is -1.37. The zero-order valence-corrected chi connectivity index (χ0v) is 29.9. The third-order valence-corrected chi connectivity index (χ3v) is 10.5. The van der Waals surface area contributed by atoms with E-state index in [2.05, 4.69) is 26.0 Å². The molecule has 11 atom stereocenters. The largest absolute Gasteiger partial charge is 0.394 e. The molecule has 3 aliphatic heterocycles. The van der Waals surface area contributed by atoms with Crippen LogP contribution in [0.1, 0.15) is 120 Å². The van der Waals surface area contributed by atoms with Gasteiger partial charge >= 0.3 is 0 Å². The predicted molar refractivity (Wildman–Crippen MR) is 177 cm³/mol. The van der Waals surface area contributed by atoms with Gasteiger partial charge in [-0.25, -0.2) is 0 Å². The van der Waals surface area contributed by atoms with E-state index < -0.39 is 71.9 Å². The van der Waals surface area contributed by atoms with Crippen LogP contribution in [0.5, 0.6) is 0 Å². The normalized spacial score (nSPS) is 39.7. The maximum Gasteiger partial charge on any atom is 0.187 e. The zero-order valence-electron chi connectivity index (χ0n) is 29.9. The lowest BCUT2D eigenvalue weighted by Gasteiger charge is -2.48. The average molecular weight is 673 g/mol. The van der Waals surface area contributed by atoms with E-state index >= 15 is 0 Å². The summed E-state index contributed by atoms with van der Waals surface area (Å²) in [6.07, 6.45) is 3.04. The van der Waals surface area contributed by atoms with Crippen LogP contribution < -0.4 is 0 Å². The Kier molecular flexibility index (Phi) is 14.1. The van der Waals surface area contributed by atoms with Crippen LogP contribution in [0.15, 0.2) is 23.3 Å². The van der Waals surface area contributed by atoms with Crippen LogP contribution in [0.2, 0.25) is 0 Å². The maximum atomic E-state index is 11.1. The minimum absolute atomic E-state index is 0.282. The summed E-state index contributed by atoms with van der Waals surface area (Å²) in [5.74, 6) is 0. The molecule has 3 fully saturated rings. The van der Waals surface area contributed by atoms with Crippen LogP contribution in [-0.4, -0.2) is 120 Å². The van der Waals surface area contributed by atoms with Crippen molar-refractivity contribution in [3.8, 4) is 0 Å². The maximum absolute atomic E-state index is 11.1. The second-order valence-electron chi connectivity index (χ2n) is 15.8. The molecule has 6 unspecified atom stereocenters. The summed E-state index contributed by atoms with van der Waals surface area (Å²) in [6.45, 7) is 14.4. The highest BCUT2D eigenvalue weighted by atomic mass is 16.7. The molecule has 0 radical (unpaired) electrons. The van der Waals surface area contributed by atoms with Gasteiger partial charge in [0, 0.05) is 0 Å². The first-order chi connectivity index (χ1) is 21.7. The molecule has 7 N–H and O–H groups in total. The van der Waals surface area contributed by atoms with E-state index in [1.54, 1.807) is 34.6 Å². The molecule has 0 aliphatic carbocycles. The Bertz CT molecular complexity index is 1040. The van der Waals surface area contributed by atoms with Crippen molar-refractivity contribution >= 4 is 0 Å². The zero-order chi connectivity index (χ0) is 35.4. The summed E-state index contributed by atoms with van der Waals surface area (Å²) < 4.78 is 24.2. The Morgan fingerprint density at radius 2 is 1.23 bits per heavy atom. The van der Waals surface area contributed by atoms with Gasteiger partial charge in [-0.1, -0.05) is 23.3 Å². The van der Waals surface area contributed by atoms with Crippen molar-refractivity contribution in [2.45, 2.75) is 197 Å². The summed E-state index contributed by atoms with van der Waals surface area (Å²) in [5, 5.41) is 72.6. The summed E-state index contributed by atoms with van der Waals surface area (Å²) >= 11 is 0. The van der Waals surface area contributed by atoms with Gasteiger partial charge in [0.25, 0.3) is 0 Å². The first-order valence-electron chi connectivity index (χ1n) is 17.5. The van der Waals surface area contributed by atoms with Gasteiger partial charge in [0.15, 0.2) is 6.29 Å². The smallest absolute Gasteiger partial charge is 0.187 e. The van der Waals surface area contributed by atoms with Crippen LogP contribution in [-0.2, 0) is 18.9 Å². The second kappa shape index (κ2) is 16.4. The Hall–Kier alpha value is -0.960. The molecule has 0 aromatic rings. The van der Waals surface area contributed by atoms with Gasteiger partial charge < -0.3 is 54.7 Å². The fourth-order valence-electron chi connectivity index (χ4n) is 6.90. The third kappa shape index (κ3) is 11.0. The highest BCUT2D eigenvalue weighted by Crippen LogP contribution is 2.39. The number of ether oxygens (including phenoxy) is 4. The summed E-state index contributed by atoms with van der Waals surface area (Å²) in [4.78, 5) is 0. The van der Waals surface area contributed by atoms with Gasteiger partial charge in [-0.2, -0.15) is 0 Å². The molecule has 274 valence electrons. The lowest BCUT2D eigenvalue weighted by Crippen LogP contribution is -2.62. The number of rotatable bonds is 14. The molecule has 0 aromatic heterocycles. The molecule has 3 saturated heterocycles. The molecule has 0 saturated carbocycles. The van der Waals surface area contributed by atoms with Gasteiger partial charge in [0.1, 0.15) is 24.4 Å². The van der Waals surface area contributed by atoms with E-state index in [9.17, 15) is 35.7 Å². The topological polar surface area (TPSA) is 179 Å². The first-order valence-corrected chi connectivity index (χ1v) is 17.5. The van der Waals surface area contributed by atoms with Crippen LogP contribution in [0.25, 0.3) is 0 Å². The van der Waals surface area contributed by atoms with E-state index in [1.807, 2.05) is 6.92 Å². The number of unbranched alkanes of at least 4 members (excludes halogenated alkanes) is 1. The molecular weight excluding hydrogens is 608 g/mol.